The second-order valence-electron chi connectivity index (χ2n) is 5.36. The molecule has 8 heteroatoms. The number of carbonyl (C=O) groups is 2. The topological polar surface area (TPSA) is 107 Å². The van der Waals surface area contributed by atoms with Crippen molar-refractivity contribution < 1.29 is 14.7 Å². The maximum absolute atomic E-state index is 11.9. The highest BCUT2D eigenvalue weighted by molar-refractivity contribution is 6.40. The molecule has 1 unspecified atom stereocenters. The molecule has 25 heavy (non-hydrogen) atoms. The molecule has 1 aromatic carbocycles. The van der Waals surface area contributed by atoms with Crippen LogP contribution < -0.4 is 10.6 Å². The number of aryl methyl sites for hydroxylation is 1. The minimum absolute atomic E-state index is 0.124. The van der Waals surface area contributed by atoms with Crippen LogP contribution in [-0.4, -0.2) is 28.0 Å². The van der Waals surface area contributed by atoms with Gasteiger partial charge >= 0.3 is 11.8 Å². The van der Waals surface area contributed by atoms with Gasteiger partial charge in [-0.15, -0.1) is 0 Å². The number of hydrogen-bond acceptors (Lipinski definition) is 4. The highest BCUT2D eigenvalue weighted by Gasteiger charge is 2.17. The van der Waals surface area contributed by atoms with E-state index in [1.54, 1.807) is 10.6 Å². The van der Waals surface area contributed by atoms with E-state index in [1.807, 2.05) is 25.4 Å². The molecule has 0 saturated carbocycles. The molecule has 0 spiro atoms. The van der Waals surface area contributed by atoms with Crippen molar-refractivity contribution in [1.29, 1.82) is 5.26 Å². The zero-order chi connectivity index (χ0) is 18.4. The summed E-state index contributed by atoms with van der Waals surface area (Å²) in [6.45, 7) is 0.124. The monoisotopic (exact) mass is 360 g/mol. The number of aliphatic hydroxyl groups is 1. The molecule has 3 N–H and O–H groups in total. The van der Waals surface area contributed by atoms with E-state index in [4.69, 9.17) is 16.9 Å². The number of hydrogen-bond donors (Lipinski definition) is 3. The summed E-state index contributed by atoms with van der Waals surface area (Å²) < 4.78 is 1.78. The molecular weight excluding hydrogens is 344 g/mol. The summed E-state index contributed by atoms with van der Waals surface area (Å²) in [6.07, 6.45) is 1.32. The number of aliphatic hydroxyl groups excluding tert-OH is 1. The fourth-order valence-corrected chi connectivity index (χ4v) is 2.44. The van der Waals surface area contributed by atoms with Gasteiger partial charge in [0.25, 0.3) is 0 Å². The summed E-state index contributed by atoms with van der Waals surface area (Å²) in [6, 6.07) is 9.85. The molecule has 1 aromatic heterocycles. The number of rotatable bonds is 5. The van der Waals surface area contributed by atoms with E-state index in [9.17, 15) is 14.7 Å². The predicted molar refractivity (Wildman–Crippen MR) is 92.8 cm³/mol. The molecule has 2 amide bonds. The average Bonchev–Trinajstić information content (AvgIpc) is 3.01. The van der Waals surface area contributed by atoms with Crippen LogP contribution in [-0.2, 0) is 16.6 Å². The van der Waals surface area contributed by atoms with Crippen LogP contribution in [0.15, 0.2) is 36.5 Å². The zero-order valence-electron chi connectivity index (χ0n) is 13.5. The van der Waals surface area contributed by atoms with Crippen molar-refractivity contribution in [3.05, 3.63) is 52.8 Å². The van der Waals surface area contributed by atoms with Gasteiger partial charge in [-0.1, -0.05) is 11.6 Å². The van der Waals surface area contributed by atoms with Crippen LogP contribution in [0.1, 0.15) is 23.8 Å². The fraction of sp³-hybridized carbons (Fsp3) is 0.235. The Morgan fingerprint density at radius 2 is 2.12 bits per heavy atom. The Bertz CT molecular complexity index is 826. The largest absolute Gasteiger partial charge is 0.387 e. The molecule has 0 radical (unpaired) electrons. The van der Waals surface area contributed by atoms with Crippen molar-refractivity contribution in [3.63, 3.8) is 0 Å². The van der Waals surface area contributed by atoms with E-state index in [0.717, 1.165) is 5.69 Å². The minimum Gasteiger partial charge on any atom is -0.387 e. The summed E-state index contributed by atoms with van der Waals surface area (Å²) in [5, 5.41) is 24.2. The van der Waals surface area contributed by atoms with Gasteiger partial charge in [-0.25, -0.2) is 0 Å². The average molecular weight is 361 g/mol. The van der Waals surface area contributed by atoms with E-state index in [1.165, 1.54) is 18.2 Å². The number of anilines is 1. The third-order valence-electron chi connectivity index (χ3n) is 3.59. The van der Waals surface area contributed by atoms with Crippen molar-refractivity contribution in [2.45, 2.75) is 12.5 Å². The van der Waals surface area contributed by atoms with Crippen LogP contribution in [0.3, 0.4) is 0 Å². The Labute approximate surface area is 149 Å². The van der Waals surface area contributed by atoms with Gasteiger partial charge in [0.05, 0.1) is 17.4 Å². The van der Waals surface area contributed by atoms with Crippen molar-refractivity contribution in [1.82, 2.24) is 9.88 Å². The number of nitrogens with one attached hydrogen (secondary N) is 2. The Hall–Kier alpha value is -2.82. The Kier molecular flexibility index (Phi) is 6.17. The van der Waals surface area contributed by atoms with E-state index in [0.29, 0.717) is 5.02 Å². The van der Waals surface area contributed by atoms with Crippen LogP contribution in [0.2, 0.25) is 5.02 Å². The summed E-state index contributed by atoms with van der Waals surface area (Å²) in [4.78, 5) is 23.7. The lowest BCUT2D eigenvalue weighted by molar-refractivity contribution is -0.136. The van der Waals surface area contributed by atoms with Crippen LogP contribution in [0.4, 0.5) is 5.69 Å². The first-order valence-corrected chi connectivity index (χ1v) is 7.88. The van der Waals surface area contributed by atoms with Crippen LogP contribution in [0.5, 0.6) is 0 Å². The number of amides is 2. The second kappa shape index (κ2) is 8.33. The van der Waals surface area contributed by atoms with E-state index >= 15 is 0 Å². The Morgan fingerprint density at radius 3 is 2.76 bits per heavy atom. The first-order chi connectivity index (χ1) is 11.9. The smallest absolute Gasteiger partial charge is 0.313 e. The third-order valence-corrected chi connectivity index (χ3v) is 3.82. The van der Waals surface area contributed by atoms with Crippen LogP contribution in [0, 0.1) is 11.3 Å². The molecule has 2 aromatic rings. The zero-order valence-corrected chi connectivity index (χ0v) is 14.2. The van der Waals surface area contributed by atoms with Gasteiger partial charge in [0, 0.05) is 30.5 Å². The standard InChI is InChI=1S/C17H17ClN4O3/c1-22-8-2-3-14(22)15(23)6-7-20-16(24)17(25)21-13-9-12(18)5-4-11(13)10-19/h2-5,8-9,15,23H,6-7H2,1H3,(H,20,24)(H,21,25). The normalized spacial score (nSPS) is 11.4. The number of aromatic nitrogens is 1. The molecule has 0 fully saturated rings. The predicted octanol–water partition coefficient (Wildman–Crippen LogP) is 1.73. The number of nitrogens with zero attached hydrogens (tertiary/aromatic N) is 2. The van der Waals surface area contributed by atoms with Gasteiger partial charge in [0.15, 0.2) is 0 Å². The molecule has 0 aliphatic rings. The lowest BCUT2D eigenvalue weighted by Gasteiger charge is -2.12. The maximum Gasteiger partial charge on any atom is 0.313 e. The molecule has 1 heterocycles. The van der Waals surface area contributed by atoms with Gasteiger partial charge in [-0.2, -0.15) is 5.26 Å². The van der Waals surface area contributed by atoms with Gasteiger partial charge in [0.1, 0.15) is 6.07 Å². The van der Waals surface area contributed by atoms with E-state index in [-0.39, 0.29) is 24.2 Å². The van der Waals surface area contributed by atoms with Gasteiger partial charge in [0.2, 0.25) is 0 Å². The van der Waals surface area contributed by atoms with Crippen molar-refractivity contribution in [2.75, 3.05) is 11.9 Å². The van der Waals surface area contributed by atoms with Crippen LogP contribution in [0.25, 0.3) is 0 Å². The molecule has 7 nitrogen and oxygen atoms in total. The van der Waals surface area contributed by atoms with Gasteiger partial charge in [-0.05, 0) is 36.8 Å². The highest BCUT2D eigenvalue weighted by atomic mass is 35.5. The quantitative estimate of drug-likeness (QED) is 0.706. The fourth-order valence-electron chi connectivity index (χ4n) is 2.27. The van der Waals surface area contributed by atoms with Crippen molar-refractivity contribution in [2.24, 2.45) is 7.05 Å². The Morgan fingerprint density at radius 1 is 1.36 bits per heavy atom. The maximum atomic E-state index is 11.9. The Balaban J connectivity index is 1.87. The lowest BCUT2D eigenvalue weighted by Crippen LogP contribution is -2.36. The van der Waals surface area contributed by atoms with Gasteiger partial charge < -0.3 is 20.3 Å². The first kappa shape index (κ1) is 18.5. The molecule has 1 atom stereocenters. The molecule has 130 valence electrons. The summed E-state index contributed by atoms with van der Waals surface area (Å²) in [5.41, 5.74) is 1.08. The van der Waals surface area contributed by atoms with E-state index < -0.39 is 17.9 Å². The summed E-state index contributed by atoms with van der Waals surface area (Å²) in [5.74, 6) is -1.77. The molecule has 2 rings (SSSR count). The first-order valence-electron chi connectivity index (χ1n) is 7.50. The number of nitriles is 1. The van der Waals surface area contributed by atoms with Crippen molar-refractivity contribution in [3.8, 4) is 6.07 Å². The molecule has 0 saturated heterocycles. The summed E-state index contributed by atoms with van der Waals surface area (Å²) in [7, 11) is 1.81. The minimum atomic E-state index is -0.910. The number of carbonyl (C=O) groups excluding carboxylic acids is 2. The number of benzene rings is 1. The van der Waals surface area contributed by atoms with E-state index in [2.05, 4.69) is 10.6 Å². The molecular formula is C17H17ClN4O3. The lowest BCUT2D eigenvalue weighted by atomic mass is 10.2. The summed E-state index contributed by atoms with van der Waals surface area (Å²) >= 11 is 5.83. The second-order valence-corrected chi connectivity index (χ2v) is 5.80. The SMILES string of the molecule is Cn1cccc1C(O)CCNC(=O)C(=O)Nc1cc(Cl)ccc1C#N. The molecule has 0 aliphatic heterocycles. The third kappa shape index (κ3) is 4.83. The highest BCUT2D eigenvalue weighted by Crippen LogP contribution is 2.20. The van der Waals surface area contributed by atoms with Crippen molar-refractivity contribution >= 4 is 29.1 Å². The molecule has 0 aliphatic carbocycles. The van der Waals surface area contributed by atoms with Crippen LogP contribution >= 0.6 is 11.6 Å². The number of halogens is 1. The van der Waals surface area contributed by atoms with Gasteiger partial charge in [-0.3, -0.25) is 9.59 Å². The molecule has 0 bridgehead atoms.